The summed E-state index contributed by atoms with van der Waals surface area (Å²) in [4.78, 5) is 31.7. The van der Waals surface area contributed by atoms with Gasteiger partial charge in [0.05, 0.1) is 12.3 Å². The zero-order valence-electron chi connectivity index (χ0n) is 14.5. The molecule has 25 heavy (non-hydrogen) atoms. The maximum absolute atomic E-state index is 12.9. The van der Waals surface area contributed by atoms with Gasteiger partial charge in [0.25, 0.3) is 0 Å². The number of aromatic nitrogens is 1. The van der Waals surface area contributed by atoms with Crippen LogP contribution in [0.3, 0.4) is 0 Å². The molecule has 2 aromatic rings. The number of fused-ring (bicyclic) bond motifs is 1. The monoisotopic (exact) mass is 338 g/mol. The van der Waals surface area contributed by atoms with Gasteiger partial charge < -0.3 is 4.74 Å². The number of pyridine rings is 1. The highest BCUT2D eigenvalue weighted by Crippen LogP contribution is 2.24. The van der Waals surface area contributed by atoms with Gasteiger partial charge in [0.1, 0.15) is 0 Å². The first-order valence-electron chi connectivity index (χ1n) is 8.49. The Labute approximate surface area is 147 Å². The summed E-state index contributed by atoms with van der Waals surface area (Å²) in [6.07, 6.45) is 1.67. The molecule has 1 aromatic heterocycles. The van der Waals surface area contributed by atoms with Crippen LogP contribution in [-0.2, 0) is 22.6 Å². The molecule has 0 N–H and O–H groups in total. The van der Waals surface area contributed by atoms with E-state index in [1.165, 1.54) is 0 Å². The molecular formula is C20H22N2O3. The summed E-state index contributed by atoms with van der Waals surface area (Å²) >= 11 is 0. The fraction of sp³-hybridized carbons (Fsp3) is 0.350. The SMILES string of the molecule is CC(C)COC(=O)C1C(=O)c2cccnc2CN1Cc1ccccc1. The molecular weight excluding hydrogens is 316 g/mol. The molecule has 5 nitrogen and oxygen atoms in total. The molecule has 130 valence electrons. The van der Waals surface area contributed by atoms with Crippen molar-refractivity contribution < 1.29 is 14.3 Å². The third-order valence-corrected chi connectivity index (χ3v) is 4.13. The maximum Gasteiger partial charge on any atom is 0.331 e. The highest BCUT2D eigenvalue weighted by molar-refractivity contribution is 6.13. The summed E-state index contributed by atoms with van der Waals surface area (Å²) in [6.45, 7) is 5.18. The Balaban J connectivity index is 1.89. The van der Waals surface area contributed by atoms with Crippen LogP contribution in [0.4, 0.5) is 0 Å². The molecule has 0 aliphatic carbocycles. The number of carbonyl (C=O) groups is 2. The number of benzene rings is 1. The van der Waals surface area contributed by atoms with Crippen molar-refractivity contribution in [1.29, 1.82) is 0 Å². The highest BCUT2D eigenvalue weighted by atomic mass is 16.5. The predicted molar refractivity (Wildman–Crippen MR) is 93.8 cm³/mol. The largest absolute Gasteiger partial charge is 0.464 e. The van der Waals surface area contributed by atoms with Crippen LogP contribution in [0.1, 0.15) is 35.5 Å². The molecule has 5 heteroatoms. The summed E-state index contributed by atoms with van der Waals surface area (Å²) in [6, 6.07) is 12.3. The fourth-order valence-corrected chi connectivity index (χ4v) is 2.93. The predicted octanol–water partition coefficient (Wildman–Crippen LogP) is 2.85. The van der Waals surface area contributed by atoms with Crippen molar-refractivity contribution in [3.05, 3.63) is 65.5 Å². The number of carbonyl (C=O) groups excluding carboxylic acids is 2. The van der Waals surface area contributed by atoms with E-state index >= 15 is 0 Å². The van der Waals surface area contributed by atoms with Gasteiger partial charge in [-0.25, -0.2) is 4.79 Å². The molecule has 1 aliphatic heterocycles. The van der Waals surface area contributed by atoms with E-state index in [1.54, 1.807) is 18.3 Å². The minimum atomic E-state index is -0.921. The van der Waals surface area contributed by atoms with E-state index < -0.39 is 12.0 Å². The van der Waals surface area contributed by atoms with Gasteiger partial charge in [-0.1, -0.05) is 44.2 Å². The molecule has 0 saturated carbocycles. The van der Waals surface area contributed by atoms with Crippen LogP contribution in [-0.4, -0.2) is 34.3 Å². The van der Waals surface area contributed by atoms with E-state index in [2.05, 4.69) is 4.98 Å². The fourth-order valence-electron chi connectivity index (χ4n) is 2.93. The molecule has 1 atom stereocenters. The molecule has 1 unspecified atom stereocenters. The van der Waals surface area contributed by atoms with E-state index in [9.17, 15) is 9.59 Å². The number of hydrogen-bond donors (Lipinski definition) is 0. The summed E-state index contributed by atoms with van der Waals surface area (Å²) < 4.78 is 5.37. The van der Waals surface area contributed by atoms with Crippen LogP contribution in [0.15, 0.2) is 48.7 Å². The van der Waals surface area contributed by atoms with E-state index in [0.717, 1.165) is 5.56 Å². The number of ketones is 1. The number of hydrogen-bond acceptors (Lipinski definition) is 5. The van der Waals surface area contributed by atoms with Crippen LogP contribution in [0.5, 0.6) is 0 Å². The first-order valence-corrected chi connectivity index (χ1v) is 8.49. The van der Waals surface area contributed by atoms with Gasteiger partial charge in [0.2, 0.25) is 0 Å². The Morgan fingerprint density at radius 1 is 1.24 bits per heavy atom. The minimum absolute atomic E-state index is 0.221. The summed E-state index contributed by atoms with van der Waals surface area (Å²) in [5.41, 5.74) is 2.26. The lowest BCUT2D eigenvalue weighted by atomic mass is 9.95. The second-order valence-electron chi connectivity index (χ2n) is 6.68. The second-order valence-corrected chi connectivity index (χ2v) is 6.68. The lowest BCUT2D eigenvalue weighted by molar-refractivity contribution is -0.149. The van der Waals surface area contributed by atoms with E-state index in [1.807, 2.05) is 49.1 Å². The zero-order chi connectivity index (χ0) is 17.8. The standard InChI is InChI=1S/C20H22N2O3/c1-14(2)13-25-20(24)18-19(23)16-9-6-10-21-17(16)12-22(18)11-15-7-4-3-5-8-15/h3-10,14,18H,11-13H2,1-2H3. The second kappa shape index (κ2) is 7.57. The van der Waals surface area contributed by atoms with Crippen LogP contribution in [0.2, 0.25) is 0 Å². The molecule has 0 spiro atoms. The van der Waals surface area contributed by atoms with Crippen molar-refractivity contribution in [2.24, 2.45) is 5.92 Å². The van der Waals surface area contributed by atoms with Crippen molar-refractivity contribution in [2.75, 3.05) is 6.61 Å². The molecule has 2 heterocycles. The summed E-state index contributed by atoms with van der Waals surface area (Å²) in [5, 5.41) is 0. The Morgan fingerprint density at radius 2 is 2.00 bits per heavy atom. The number of rotatable bonds is 5. The van der Waals surface area contributed by atoms with Gasteiger partial charge in [0, 0.05) is 24.8 Å². The zero-order valence-corrected chi connectivity index (χ0v) is 14.5. The maximum atomic E-state index is 12.9. The lowest BCUT2D eigenvalue weighted by Gasteiger charge is -2.33. The Morgan fingerprint density at radius 3 is 2.72 bits per heavy atom. The number of esters is 1. The van der Waals surface area contributed by atoms with Crippen molar-refractivity contribution in [2.45, 2.75) is 33.0 Å². The number of ether oxygens (including phenoxy) is 1. The third kappa shape index (κ3) is 3.94. The van der Waals surface area contributed by atoms with Crippen LogP contribution >= 0.6 is 0 Å². The van der Waals surface area contributed by atoms with E-state index in [4.69, 9.17) is 4.74 Å². The average Bonchev–Trinajstić information content (AvgIpc) is 2.61. The Bertz CT molecular complexity index is 759. The van der Waals surface area contributed by atoms with E-state index in [-0.39, 0.29) is 11.7 Å². The molecule has 0 saturated heterocycles. The van der Waals surface area contributed by atoms with Crippen LogP contribution in [0, 0.1) is 5.92 Å². The first kappa shape index (κ1) is 17.3. The van der Waals surface area contributed by atoms with Gasteiger partial charge in [-0.05, 0) is 23.6 Å². The van der Waals surface area contributed by atoms with Crippen LogP contribution < -0.4 is 0 Å². The van der Waals surface area contributed by atoms with E-state index in [0.29, 0.717) is 31.0 Å². The number of nitrogens with zero attached hydrogens (tertiary/aromatic N) is 2. The quantitative estimate of drug-likeness (QED) is 0.620. The molecule has 1 aromatic carbocycles. The van der Waals surface area contributed by atoms with Gasteiger partial charge in [-0.2, -0.15) is 0 Å². The van der Waals surface area contributed by atoms with Gasteiger partial charge >= 0.3 is 5.97 Å². The van der Waals surface area contributed by atoms with Crippen molar-refractivity contribution in [1.82, 2.24) is 9.88 Å². The number of Topliss-reactive ketones (excluding diaryl/α,β-unsaturated/α-hetero) is 1. The lowest BCUT2D eigenvalue weighted by Crippen LogP contribution is -2.50. The minimum Gasteiger partial charge on any atom is -0.464 e. The smallest absolute Gasteiger partial charge is 0.331 e. The first-order chi connectivity index (χ1) is 12.1. The van der Waals surface area contributed by atoms with Crippen molar-refractivity contribution in [3.63, 3.8) is 0 Å². The summed E-state index contributed by atoms with van der Waals surface area (Å²) in [7, 11) is 0. The van der Waals surface area contributed by atoms with Gasteiger partial charge in [-0.15, -0.1) is 0 Å². The molecule has 1 aliphatic rings. The third-order valence-electron chi connectivity index (χ3n) is 4.13. The van der Waals surface area contributed by atoms with Crippen LogP contribution in [0.25, 0.3) is 0 Å². The molecule has 0 bridgehead atoms. The molecule has 0 fully saturated rings. The average molecular weight is 338 g/mol. The Kier molecular flexibility index (Phi) is 5.24. The summed E-state index contributed by atoms with van der Waals surface area (Å²) in [5.74, 6) is -0.498. The van der Waals surface area contributed by atoms with Gasteiger partial charge in [0.15, 0.2) is 11.8 Å². The topological polar surface area (TPSA) is 59.5 Å². The molecule has 0 radical (unpaired) electrons. The van der Waals surface area contributed by atoms with Gasteiger partial charge in [-0.3, -0.25) is 14.7 Å². The molecule has 0 amide bonds. The molecule has 3 rings (SSSR count). The Hall–Kier alpha value is -2.53. The van der Waals surface area contributed by atoms with Crippen molar-refractivity contribution >= 4 is 11.8 Å². The van der Waals surface area contributed by atoms with Crippen molar-refractivity contribution in [3.8, 4) is 0 Å². The highest BCUT2D eigenvalue weighted by Gasteiger charge is 2.40. The normalized spacial score (nSPS) is 17.4.